The number of primary amides is 1. The van der Waals surface area contributed by atoms with Gasteiger partial charge in [-0.25, -0.2) is 0 Å². The van der Waals surface area contributed by atoms with Crippen LogP contribution in [0.3, 0.4) is 0 Å². The molecule has 2 heterocycles. The van der Waals surface area contributed by atoms with E-state index < -0.39 is 6.04 Å². The topological polar surface area (TPSA) is 85.8 Å². The summed E-state index contributed by atoms with van der Waals surface area (Å²) in [5.74, 6) is 2.23. The van der Waals surface area contributed by atoms with E-state index in [0.29, 0.717) is 5.92 Å². The van der Waals surface area contributed by atoms with Gasteiger partial charge in [0.2, 0.25) is 5.91 Å². The lowest BCUT2D eigenvalue weighted by atomic mass is 9.98. The third-order valence-corrected chi connectivity index (χ3v) is 4.47. The van der Waals surface area contributed by atoms with E-state index in [9.17, 15) is 4.79 Å². The zero-order valence-electron chi connectivity index (χ0n) is 13.4. The van der Waals surface area contributed by atoms with Crippen LogP contribution >= 0.6 is 0 Å². The standard InChI is InChI=1S/C17H23N5O/c1-2-14-20-21-15-9-8-12(11-22(14)15)10-19-16(17(18)23)13-6-4-3-5-7-13/h3-7,12,16,19H,2,8-11H2,1H3,(H2,18,23)/t12-,16+/m0/s1. The van der Waals surface area contributed by atoms with Crippen LogP contribution in [0.4, 0.5) is 0 Å². The molecule has 1 aliphatic heterocycles. The maximum atomic E-state index is 11.8. The largest absolute Gasteiger partial charge is 0.368 e. The maximum absolute atomic E-state index is 11.8. The van der Waals surface area contributed by atoms with Gasteiger partial charge in [-0.1, -0.05) is 37.3 Å². The van der Waals surface area contributed by atoms with Crippen LogP contribution in [0, 0.1) is 5.92 Å². The molecule has 0 unspecified atom stereocenters. The summed E-state index contributed by atoms with van der Waals surface area (Å²) in [4.78, 5) is 11.8. The summed E-state index contributed by atoms with van der Waals surface area (Å²) < 4.78 is 2.22. The third-order valence-electron chi connectivity index (χ3n) is 4.47. The number of fused-ring (bicyclic) bond motifs is 1. The van der Waals surface area contributed by atoms with Gasteiger partial charge in [-0.15, -0.1) is 10.2 Å². The Kier molecular flexibility index (Phi) is 4.71. The number of benzene rings is 1. The van der Waals surface area contributed by atoms with Gasteiger partial charge < -0.3 is 15.6 Å². The lowest BCUT2D eigenvalue weighted by Crippen LogP contribution is -2.38. The highest BCUT2D eigenvalue weighted by Gasteiger charge is 2.24. The van der Waals surface area contributed by atoms with E-state index in [1.54, 1.807) is 0 Å². The van der Waals surface area contributed by atoms with Crippen LogP contribution in [0.1, 0.15) is 36.6 Å². The van der Waals surface area contributed by atoms with Crippen molar-refractivity contribution in [1.29, 1.82) is 0 Å². The van der Waals surface area contributed by atoms with E-state index in [-0.39, 0.29) is 5.91 Å². The maximum Gasteiger partial charge on any atom is 0.239 e. The number of nitrogens with zero attached hydrogens (tertiary/aromatic N) is 3. The number of carbonyl (C=O) groups excluding carboxylic acids is 1. The number of hydrogen-bond donors (Lipinski definition) is 2. The fraction of sp³-hybridized carbons (Fsp3) is 0.471. The Morgan fingerprint density at radius 2 is 2.17 bits per heavy atom. The Labute approximate surface area is 136 Å². The summed E-state index contributed by atoms with van der Waals surface area (Å²) in [6.07, 6.45) is 2.88. The van der Waals surface area contributed by atoms with Gasteiger partial charge in [-0.3, -0.25) is 4.79 Å². The van der Waals surface area contributed by atoms with Crippen LogP contribution in [-0.4, -0.2) is 27.2 Å². The van der Waals surface area contributed by atoms with Crippen molar-refractivity contribution in [3.63, 3.8) is 0 Å². The number of nitrogens with one attached hydrogen (secondary N) is 1. The van der Waals surface area contributed by atoms with Crippen molar-refractivity contribution in [2.45, 2.75) is 38.8 Å². The van der Waals surface area contributed by atoms with Crippen LogP contribution in [0.5, 0.6) is 0 Å². The van der Waals surface area contributed by atoms with Gasteiger partial charge in [0.25, 0.3) is 0 Å². The molecule has 0 saturated carbocycles. The highest BCUT2D eigenvalue weighted by atomic mass is 16.1. The van der Waals surface area contributed by atoms with E-state index in [2.05, 4.69) is 27.0 Å². The van der Waals surface area contributed by atoms with Crippen LogP contribution in [0.15, 0.2) is 30.3 Å². The highest BCUT2D eigenvalue weighted by molar-refractivity contribution is 5.81. The fourth-order valence-corrected chi connectivity index (χ4v) is 3.19. The second-order valence-corrected chi connectivity index (χ2v) is 6.06. The third kappa shape index (κ3) is 3.42. The normalized spacial score (nSPS) is 18.4. The summed E-state index contributed by atoms with van der Waals surface area (Å²) in [7, 11) is 0. The number of hydrogen-bond acceptors (Lipinski definition) is 4. The molecule has 0 spiro atoms. The molecule has 0 fully saturated rings. The molecule has 1 aliphatic rings. The molecular weight excluding hydrogens is 290 g/mol. The average molecular weight is 313 g/mol. The summed E-state index contributed by atoms with van der Waals surface area (Å²) >= 11 is 0. The Morgan fingerprint density at radius 3 is 2.87 bits per heavy atom. The predicted octanol–water partition coefficient (Wildman–Crippen LogP) is 1.22. The predicted molar refractivity (Wildman–Crippen MR) is 87.6 cm³/mol. The summed E-state index contributed by atoms with van der Waals surface area (Å²) in [5.41, 5.74) is 6.48. The van der Waals surface area contributed by atoms with Crippen molar-refractivity contribution >= 4 is 5.91 Å². The molecule has 3 rings (SSSR count). The van der Waals surface area contributed by atoms with Crippen LogP contribution in [0.25, 0.3) is 0 Å². The minimum atomic E-state index is -0.441. The molecule has 0 bridgehead atoms. The van der Waals surface area contributed by atoms with Crippen molar-refractivity contribution in [3.8, 4) is 0 Å². The molecule has 1 aromatic carbocycles. The lowest BCUT2D eigenvalue weighted by molar-refractivity contribution is -0.120. The minimum absolute atomic E-state index is 0.341. The molecule has 6 heteroatoms. The number of aromatic nitrogens is 3. The molecule has 23 heavy (non-hydrogen) atoms. The Balaban J connectivity index is 1.65. The summed E-state index contributed by atoms with van der Waals surface area (Å²) in [5, 5.41) is 11.8. The van der Waals surface area contributed by atoms with E-state index >= 15 is 0 Å². The van der Waals surface area contributed by atoms with Gasteiger partial charge in [-0.2, -0.15) is 0 Å². The number of aryl methyl sites for hydroxylation is 2. The van der Waals surface area contributed by atoms with Crippen molar-refractivity contribution in [2.75, 3.05) is 6.54 Å². The first-order valence-corrected chi connectivity index (χ1v) is 8.17. The summed E-state index contributed by atoms with van der Waals surface area (Å²) in [6.45, 7) is 3.75. The monoisotopic (exact) mass is 313 g/mol. The number of nitrogens with two attached hydrogens (primary N) is 1. The molecule has 1 aromatic heterocycles. The average Bonchev–Trinajstić information content (AvgIpc) is 2.98. The molecule has 0 radical (unpaired) electrons. The molecule has 122 valence electrons. The molecular formula is C17H23N5O. The Bertz CT molecular complexity index is 653. The van der Waals surface area contributed by atoms with Gasteiger partial charge in [0.1, 0.15) is 17.7 Å². The second-order valence-electron chi connectivity index (χ2n) is 6.06. The lowest BCUT2D eigenvalue weighted by Gasteiger charge is -2.26. The molecule has 6 nitrogen and oxygen atoms in total. The molecule has 1 amide bonds. The van der Waals surface area contributed by atoms with E-state index in [4.69, 9.17) is 5.73 Å². The van der Waals surface area contributed by atoms with Crippen molar-refractivity contribution in [1.82, 2.24) is 20.1 Å². The Morgan fingerprint density at radius 1 is 1.39 bits per heavy atom. The first-order chi connectivity index (χ1) is 11.2. The molecule has 2 atom stereocenters. The zero-order valence-corrected chi connectivity index (χ0v) is 13.4. The van der Waals surface area contributed by atoms with Crippen LogP contribution in [-0.2, 0) is 24.2 Å². The van der Waals surface area contributed by atoms with E-state index in [0.717, 1.165) is 49.6 Å². The van der Waals surface area contributed by atoms with Crippen molar-refractivity contribution < 1.29 is 4.79 Å². The van der Waals surface area contributed by atoms with Crippen LogP contribution in [0.2, 0.25) is 0 Å². The number of rotatable bonds is 6. The van der Waals surface area contributed by atoms with Crippen molar-refractivity contribution in [3.05, 3.63) is 47.5 Å². The first kappa shape index (κ1) is 15.7. The fourth-order valence-electron chi connectivity index (χ4n) is 3.19. The van der Waals surface area contributed by atoms with Gasteiger partial charge in [-0.05, 0) is 17.9 Å². The zero-order chi connectivity index (χ0) is 16.2. The van der Waals surface area contributed by atoms with Gasteiger partial charge in [0.15, 0.2) is 0 Å². The molecule has 3 N–H and O–H groups in total. The van der Waals surface area contributed by atoms with E-state index in [1.165, 1.54) is 0 Å². The smallest absolute Gasteiger partial charge is 0.239 e. The van der Waals surface area contributed by atoms with Gasteiger partial charge in [0, 0.05) is 25.9 Å². The summed E-state index contributed by atoms with van der Waals surface area (Å²) in [6, 6.07) is 9.19. The molecule has 0 saturated heterocycles. The highest BCUT2D eigenvalue weighted by Crippen LogP contribution is 2.21. The molecule has 2 aromatic rings. The molecule has 0 aliphatic carbocycles. The van der Waals surface area contributed by atoms with Crippen LogP contribution < -0.4 is 11.1 Å². The Hall–Kier alpha value is -2.21. The second kappa shape index (κ2) is 6.91. The number of carbonyl (C=O) groups is 1. The van der Waals surface area contributed by atoms with Gasteiger partial charge in [0.05, 0.1) is 0 Å². The quantitative estimate of drug-likeness (QED) is 0.839. The van der Waals surface area contributed by atoms with Crippen molar-refractivity contribution in [2.24, 2.45) is 11.7 Å². The SMILES string of the molecule is CCc1nnc2n1C[C@H](CN[C@@H](C(N)=O)c1ccccc1)CC2. The first-order valence-electron chi connectivity index (χ1n) is 8.17. The van der Waals surface area contributed by atoms with E-state index in [1.807, 2.05) is 30.3 Å². The van der Waals surface area contributed by atoms with Gasteiger partial charge >= 0.3 is 0 Å². The minimum Gasteiger partial charge on any atom is -0.368 e. The number of amides is 1.